The van der Waals surface area contributed by atoms with E-state index in [1.54, 1.807) is 12.1 Å². The standard InChI is InChI=1S/C16H18BN3O6.CH2O2/c18-13(9-4-6-19-7-5-9)15(22)20-12(17(25)26)8-10-2-1-3-11(14(10)21)16(23)24;2-1-3/h1-7,12-13,21,25-26H,8,18H2,(H,20,22)(H,23,24);1H,(H,2,3). The quantitative estimate of drug-likeness (QED) is 0.219. The number of hydrogen-bond donors (Lipinski definition) is 7. The maximum Gasteiger partial charge on any atom is 0.475 e. The van der Waals surface area contributed by atoms with Crippen LogP contribution in [0.3, 0.4) is 0 Å². The number of carbonyl (C=O) groups is 3. The summed E-state index contributed by atoms with van der Waals surface area (Å²) in [6.07, 6.45) is 2.73. The number of amides is 1. The first-order valence-corrected chi connectivity index (χ1v) is 8.16. The summed E-state index contributed by atoms with van der Waals surface area (Å²) in [6.45, 7) is -0.250. The minimum absolute atomic E-state index is 0.140. The third-order valence-electron chi connectivity index (χ3n) is 3.83. The third-order valence-corrected chi connectivity index (χ3v) is 3.83. The van der Waals surface area contributed by atoms with Gasteiger partial charge in [0.05, 0.1) is 5.94 Å². The molecule has 1 heterocycles. The minimum Gasteiger partial charge on any atom is -0.507 e. The van der Waals surface area contributed by atoms with Crippen molar-refractivity contribution in [3.63, 3.8) is 0 Å². The molecule has 11 nitrogen and oxygen atoms in total. The van der Waals surface area contributed by atoms with Crippen molar-refractivity contribution in [2.24, 2.45) is 5.73 Å². The van der Waals surface area contributed by atoms with Crippen LogP contribution in [0.25, 0.3) is 0 Å². The van der Waals surface area contributed by atoms with Crippen molar-refractivity contribution in [2.75, 3.05) is 0 Å². The van der Waals surface area contributed by atoms with Crippen LogP contribution in [0.4, 0.5) is 0 Å². The lowest BCUT2D eigenvalue weighted by atomic mass is 9.75. The van der Waals surface area contributed by atoms with Crippen molar-refractivity contribution in [3.8, 4) is 5.75 Å². The Balaban J connectivity index is 0.00000132. The maximum absolute atomic E-state index is 12.3. The number of hydrogen-bond acceptors (Lipinski definition) is 8. The third kappa shape index (κ3) is 6.88. The normalized spacial score (nSPS) is 12.0. The molecule has 0 spiro atoms. The zero-order valence-corrected chi connectivity index (χ0v) is 15.0. The van der Waals surface area contributed by atoms with Crippen LogP contribution in [0, 0.1) is 0 Å². The second kappa shape index (κ2) is 11.4. The molecule has 0 aliphatic carbocycles. The predicted octanol–water partition coefficient (Wildman–Crippen LogP) is -1.07. The fourth-order valence-electron chi connectivity index (χ4n) is 2.39. The molecular formula is C17H20BN3O8. The molecule has 1 aromatic heterocycles. The summed E-state index contributed by atoms with van der Waals surface area (Å²) in [6, 6.07) is 6.09. The van der Waals surface area contributed by atoms with Gasteiger partial charge < -0.3 is 36.4 Å². The van der Waals surface area contributed by atoms with Crippen molar-refractivity contribution in [1.82, 2.24) is 10.3 Å². The summed E-state index contributed by atoms with van der Waals surface area (Å²) in [7, 11) is -1.95. The lowest BCUT2D eigenvalue weighted by Gasteiger charge is -2.21. The van der Waals surface area contributed by atoms with E-state index in [-0.39, 0.29) is 24.0 Å². The Morgan fingerprint density at radius 1 is 1.21 bits per heavy atom. The Morgan fingerprint density at radius 3 is 2.31 bits per heavy atom. The maximum atomic E-state index is 12.3. The molecule has 2 unspecified atom stereocenters. The van der Waals surface area contributed by atoms with Gasteiger partial charge in [-0.1, -0.05) is 12.1 Å². The van der Waals surface area contributed by atoms with Gasteiger partial charge in [-0.3, -0.25) is 14.6 Å². The number of nitrogens with zero attached hydrogens (tertiary/aromatic N) is 1. The second-order valence-electron chi connectivity index (χ2n) is 5.71. The first-order valence-electron chi connectivity index (χ1n) is 8.16. The van der Waals surface area contributed by atoms with E-state index in [1.165, 1.54) is 30.6 Å². The van der Waals surface area contributed by atoms with Crippen molar-refractivity contribution in [1.29, 1.82) is 0 Å². The Morgan fingerprint density at radius 2 is 1.79 bits per heavy atom. The molecule has 0 fully saturated rings. The highest BCUT2D eigenvalue weighted by atomic mass is 16.4. The van der Waals surface area contributed by atoms with E-state index in [0.29, 0.717) is 5.56 Å². The molecule has 2 aromatic rings. The average molecular weight is 405 g/mol. The van der Waals surface area contributed by atoms with E-state index in [4.69, 9.17) is 20.7 Å². The number of nitrogens with one attached hydrogen (secondary N) is 1. The van der Waals surface area contributed by atoms with Crippen LogP contribution in [0.15, 0.2) is 42.7 Å². The van der Waals surface area contributed by atoms with Crippen LogP contribution in [0.5, 0.6) is 5.75 Å². The van der Waals surface area contributed by atoms with Gasteiger partial charge in [-0.25, -0.2) is 4.79 Å². The molecule has 29 heavy (non-hydrogen) atoms. The number of aromatic nitrogens is 1. The summed E-state index contributed by atoms with van der Waals surface area (Å²) in [5.41, 5.74) is 6.14. The van der Waals surface area contributed by atoms with E-state index < -0.39 is 36.7 Å². The van der Waals surface area contributed by atoms with Crippen molar-refractivity contribution >= 4 is 25.5 Å². The van der Waals surface area contributed by atoms with Gasteiger partial charge in [-0.05, 0) is 35.7 Å². The second-order valence-corrected chi connectivity index (χ2v) is 5.71. The molecule has 0 saturated heterocycles. The van der Waals surface area contributed by atoms with Crippen molar-refractivity contribution in [2.45, 2.75) is 18.4 Å². The molecule has 2 atom stereocenters. The molecule has 2 rings (SSSR count). The Kier molecular flexibility index (Phi) is 9.25. The highest BCUT2D eigenvalue weighted by Crippen LogP contribution is 2.24. The van der Waals surface area contributed by atoms with E-state index in [1.807, 2.05) is 0 Å². The number of nitrogens with two attached hydrogens (primary N) is 1. The number of carboxylic acids is 1. The molecule has 1 amide bonds. The largest absolute Gasteiger partial charge is 0.507 e. The van der Waals surface area contributed by atoms with E-state index >= 15 is 0 Å². The number of carboxylic acid groups (broad SMARTS) is 2. The zero-order valence-electron chi connectivity index (χ0n) is 15.0. The summed E-state index contributed by atoms with van der Waals surface area (Å²) in [5, 5.41) is 47.4. The number of aromatic carboxylic acids is 1. The van der Waals surface area contributed by atoms with Gasteiger partial charge in [-0.15, -0.1) is 0 Å². The van der Waals surface area contributed by atoms with Gasteiger partial charge in [0.2, 0.25) is 5.91 Å². The van der Waals surface area contributed by atoms with Crippen LogP contribution in [-0.2, 0) is 16.0 Å². The Labute approximate surface area is 165 Å². The van der Waals surface area contributed by atoms with E-state index in [0.717, 1.165) is 0 Å². The van der Waals surface area contributed by atoms with E-state index in [2.05, 4.69) is 10.3 Å². The number of benzene rings is 1. The first-order chi connectivity index (χ1) is 13.7. The summed E-state index contributed by atoms with van der Waals surface area (Å²) < 4.78 is 0. The minimum atomic E-state index is -1.95. The topological polar surface area (TPSA) is 203 Å². The zero-order chi connectivity index (χ0) is 22.0. The number of aromatic hydroxyl groups is 1. The smallest absolute Gasteiger partial charge is 0.475 e. The van der Waals surface area contributed by atoms with Gasteiger partial charge in [0.1, 0.15) is 17.4 Å². The van der Waals surface area contributed by atoms with Gasteiger partial charge in [0.25, 0.3) is 6.47 Å². The average Bonchev–Trinajstić information content (AvgIpc) is 2.69. The van der Waals surface area contributed by atoms with Crippen molar-refractivity contribution in [3.05, 3.63) is 59.4 Å². The Bertz CT molecular complexity index is 835. The molecule has 0 radical (unpaired) electrons. The van der Waals surface area contributed by atoms with Crippen molar-refractivity contribution < 1.29 is 39.8 Å². The molecular weight excluding hydrogens is 385 g/mol. The number of para-hydroxylation sites is 1. The Hall–Kier alpha value is -3.48. The highest BCUT2D eigenvalue weighted by molar-refractivity contribution is 6.43. The van der Waals surface area contributed by atoms with Crippen LogP contribution in [0.2, 0.25) is 0 Å². The van der Waals surface area contributed by atoms with E-state index in [9.17, 15) is 24.7 Å². The van der Waals surface area contributed by atoms with Gasteiger partial charge >= 0.3 is 13.1 Å². The molecule has 8 N–H and O–H groups in total. The van der Waals surface area contributed by atoms with Crippen LogP contribution in [-0.4, -0.2) is 61.8 Å². The fourth-order valence-corrected chi connectivity index (χ4v) is 2.39. The molecule has 12 heteroatoms. The highest BCUT2D eigenvalue weighted by Gasteiger charge is 2.29. The lowest BCUT2D eigenvalue weighted by molar-refractivity contribution is -0.123. The number of pyridine rings is 1. The summed E-state index contributed by atoms with van der Waals surface area (Å²) in [4.78, 5) is 35.5. The monoisotopic (exact) mass is 405 g/mol. The molecule has 0 bridgehead atoms. The van der Waals surface area contributed by atoms with Crippen LogP contribution < -0.4 is 11.1 Å². The molecule has 0 aliphatic rings. The molecule has 1 aromatic carbocycles. The van der Waals surface area contributed by atoms with Crippen LogP contribution in [0.1, 0.15) is 27.5 Å². The number of rotatable bonds is 7. The fraction of sp³-hybridized carbons (Fsp3) is 0.176. The van der Waals surface area contributed by atoms with Gasteiger partial charge in [0, 0.05) is 12.4 Å². The molecule has 0 saturated carbocycles. The number of phenols is 1. The first kappa shape index (κ1) is 23.6. The van der Waals surface area contributed by atoms with Crippen LogP contribution >= 0.6 is 0 Å². The summed E-state index contributed by atoms with van der Waals surface area (Å²) in [5.74, 6) is -3.69. The predicted molar refractivity (Wildman–Crippen MR) is 101 cm³/mol. The molecule has 154 valence electrons. The molecule has 0 aliphatic heterocycles. The number of carbonyl (C=O) groups excluding carboxylic acids is 1. The lowest BCUT2D eigenvalue weighted by Crippen LogP contribution is -2.50. The summed E-state index contributed by atoms with van der Waals surface area (Å²) >= 11 is 0. The van der Waals surface area contributed by atoms with Gasteiger partial charge in [0.15, 0.2) is 0 Å². The van der Waals surface area contributed by atoms with Gasteiger partial charge in [-0.2, -0.15) is 0 Å². The SMILES string of the molecule is NC(C(=O)NC(Cc1cccc(C(=O)O)c1O)B(O)O)c1ccncc1.O=CO.